The van der Waals surface area contributed by atoms with Crippen molar-refractivity contribution >= 4 is 0 Å². The van der Waals surface area contributed by atoms with Crippen LogP contribution in [0.4, 0.5) is 4.39 Å². The molecule has 19 heavy (non-hydrogen) atoms. The van der Waals surface area contributed by atoms with E-state index in [2.05, 4.69) is 11.8 Å². The molecule has 0 bridgehead atoms. The lowest BCUT2D eigenvalue weighted by Crippen LogP contribution is -2.39. The summed E-state index contributed by atoms with van der Waals surface area (Å²) in [6, 6.07) is 6.05. The van der Waals surface area contributed by atoms with E-state index in [1.165, 1.54) is 32.1 Å². The van der Waals surface area contributed by atoms with Crippen LogP contribution in [0.1, 0.15) is 50.2 Å². The molecule has 1 aromatic carbocycles. The number of rotatable bonds is 5. The smallest absolute Gasteiger partial charge is 0.128 e. The van der Waals surface area contributed by atoms with Crippen molar-refractivity contribution in [1.82, 2.24) is 4.90 Å². The molecule has 0 aromatic heterocycles. The lowest BCUT2D eigenvalue weighted by Gasteiger charge is -2.35. The summed E-state index contributed by atoms with van der Waals surface area (Å²) in [7, 11) is 0. The molecule has 2 N–H and O–H groups in total. The molecule has 1 unspecified atom stereocenters. The Balaban J connectivity index is 2.06. The fourth-order valence-electron chi connectivity index (χ4n) is 2.99. The van der Waals surface area contributed by atoms with Gasteiger partial charge in [0.25, 0.3) is 0 Å². The minimum atomic E-state index is -0.108. The van der Waals surface area contributed by atoms with Crippen LogP contribution in [0.5, 0.6) is 0 Å². The first-order valence-electron chi connectivity index (χ1n) is 7.46. The normalized spacial score (nSPS) is 20.7. The Bertz CT molecular complexity index is 404. The lowest BCUT2D eigenvalue weighted by atomic mass is 9.97. The van der Waals surface area contributed by atoms with E-state index in [4.69, 9.17) is 5.73 Å². The second-order valence-electron chi connectivity index (χ2n) is 5.54. The van der Waals surface area contributed by atoms with E-state index in [9.17, 15) is 4.39 Å². The van der Waals surface area contributed by atoms with Crippen LogP contribution in [-0.2, 0) is 13.1 Å². The Hall–Kier alpha value is -0.930. The molecule has 1 atom stereocenters. The minimum absolute atomic E-state index is 0.108. The van der Waals surface area contributed by atoms with Crippen LogP contribution < -0.4 is 5.73 Å². The highest BCUT2D eigenvalue weighted by molar-refractivity contribution is 5.24. The molecule has 0 aliphatic carbocycles. The minimum Gasteiger partial charge on any atom is -0.326 e. The average molecular weight is 264 g/mol. The van der Waals surface area contributed by atoms with Crippen LogP contribution in [-0.4, -0.2) is 17.5 Å². The zero-order chi connectivity index (χ0) is 13.7. The highest BCUT2D eigenvalue weighted by atomic mass is 19.1. The summed E-state index contributed by atoms with van der Waals surface area (Å²) < 4.78 is 14.0. The Kier molecular flexibility index (Phi) is 5.34. The van der Waals surface area contributed by atoms with Crippen LogP contribution in [0.3, 0.4) is 0 Å². The zero-order valence-corrected chi connectivity index (χ0v) is 11.9. The van der Waals surface area contributed by atoms with E-state index in [1.807, 2.05) is 12.1 Å². The quantitative estimate of drug-likeness (QED) is 0.882. The molecule has 106 valence electrons. The van der Waals surface area contributed by atoms with Gasteiger partial charge in [0.15, 0.2) is 0 Å². The summed E-state index contributed by atoms with van der Waals surface area (Å²) in [5.74, 6) is -0.108. The Morgan fingerprint density at radius 2 is 2.21 bits per heavy atom. The van der Waals surface area contributed by atoms with Gasteiger partial charge in [0.2, 0.25) is 0 Å². The molecule has 1 heterocycles. The van der Waals surface area contributed by atoms with Gasteiger partial charge in [-0.3, -0.25) is 4.90 Å². The molecule has 3 heteroatoms. The average Bonchev–Trinajstić information content (AvgIpc) is 2.43. The number of piperidine rings is 1. The SMILES string of the molecule is CCCC1CCCCN1Cc1ccc(CN)cc1F. The predicted molar refractivity (Wildman–Crippen MR) is 77.2 cm³/mol. The number of hydrogen-bond acceptors (Lipinski definition) is 2. The van der Waals surface area contributed by atoms with Gasteiger partial charge in [-0.25, -0.2) is 4.39 Å². The molecule has 1 aliphatic rings. The van der Waals surface area contributed by atoms with Crippen molar-refractivity contribution in [2.45, 2.75) is 58.2 Å². The van der Waals surface area contributed by atoms with Crippen molar-refractivity contribution in [3.63, 3.8) is 0 Å². The van der Waals surface area contributed by atoms with E-state index in [0.29, 0.717) is 12.6 Å². The first-order valence-corrected chi connectivity index (χ1v) is 7.46. The van der Waals surface area contributed by atoms with Gasteiger partial charge in [-0.2, -0.15) is 0 Å². The number of likely N-dealkylation sites (tertiary alicyclic amines) is 1. The van der Waals surface area contributed by atoms with Crippen molar-refractivity contribution in [3.8, 4) is 0 Å². The molecule has 0 radical (unpaired) electrons. The molecule has 0 amide bonds. The summed E-state index contributed by atoms with van der Waals surface area (Å²) in [6.45, 7) is 4.47. The molecular formula is C16H25FN2. The van der Waals surface area contributed by atoms with Crippen molar-refractivity contribution < 1.29 is 4.39 Å². The van der Waals surface area contributed by atoms with Gasteiger partial charge in [-0.15, -0.1) is 0 Å². The van der Waals surface area contributed by atoms with Crippen LogP contribution in [0, 0.1) is 5.82 Å². The molecule has 1 aliphatic heterocycles. The van der Waals surface area contributed by atoms with E-state index in [0.717, 1.165) is 24.2 Å². The van der Waals surface area contributed by atoms with E-state index in [-0.39, 0.29) is 5.82 Å². The lowest BCUT2D eigenvalue weighted by molar-refractivity contribution is 0.130. The number of benzene rings is 1. The van der Waals surface area contributed by atoms with Crippen molar-refractivity contribution in [3.05, 3.63) is 35.1 Å². The monoisotopic (exact) mass is 264 g/mol. The van der Waals surface area contributed by atoms with Crippen molar-refractivity contribution in [2.24, 2.45) is 5.73 Å². The van der Waals surface area contributed by atoms with Crippen LogP contribution in [0.2, 0.25) is 0 Å². The van der Waals surface area contributed by atoms with Gasteiger partial charge in [0.05, 0.1) is 0 Å². The maximum absolute atomic E-state index is 14.0. The molecule has 1 fully saturated rings. The fraction of sp³-hybridized carbons (Fsp3) is 0.625. The molecule has 1 saturated heterocycles. The number of nitrogens with zero attached hydrogens (tertiary/aromatic N) is 1. The molecule has 0 saturated carbocycles. The maximum atomic E-state index is 14.0. The maximum Gasteiger partial charge on any atom is 0.128 e. The van der Waals surface area contributed by atoms with Gasteiger partial charge < -0.3 is 5.73 Å². The van der Waals surface area contributed by atoms with Gasteiger partial charge >= 0.3 is 0 Å². The first kappa shape index (κ1) is 14.5. The van der Waals surface area contributed by atoms with Gasteiger partial charge in [-0.1, -0.05) is 31.9 Å². The second-order valence-corrected chi connectivity index (χ2v) is 5.54. The van der Waals surface area contributed by atoms with Crippen molar-refractivity contribution in [1.29, 1.82) is 0 Å². The number of halogens is 1. The highest BCUT2D eigenvalue weighted by Gasteiger charge is 2.22. The summed E-state index contributed by atoms with van der Waals surface area (Å²) in [6.07, 6.45) is 6.24. The van der Waals surface area contributed by atoms with Gasteiger partial charge in [0, 0.05) is 24.7 Å². The van der Waals surface area contributed by atoms with Gasteiger partial charge in [-0.05, 0) is 37.4 Å². The molecule has 2 nitrogen and oxygen atoms in total. The summed E-state index contributed by atoms with van der Waals surface area (Å²) in [4.78, 5) is 2.45. The van der Waals surface area contributed by atoms with Crippen LogP contribution in [0.15, 0.2) is 18.2 Å². The first-order chi connectivity index (χ1) is 9.24. The molecule has 0 spiro atoms. The summed E-state index contributed by atoms with van der Waals surface area (Å²) in [5, 5.41) is 0. The molecule has 1 aromatic rings. The van der Waals surface area contributed by atoms with Crippen molar-refractivity contribution in [2.75, 3.05) is 6.54 Å². The molecule has 2 rings (SSSR count). The third-order valence-electron chi connectivity index (χ3n) is 4.10. The van der Waals surface area contributed by atoms with E-state index >= 15 is 0 Å². The summed E-state index contributed by atoms with van der Waals surface area (Å²) in [5.41, 5.74) is 7.21. The van der Waals surface area contributed by atoms with Gasteiger partial charge in [0.1, 0.15) is 5.82 Å². The highest BCUT2D eigenvalue weighted by Crippen LogP contribution is 2.24. The standard InChI is InChI=1S/C16H25FN2/c1-2-5-15-6-3-4-9-19(15)12-14-8-7-13(11-18)10-16(14)17/h7-8,10,15H,2-6,9,11-12,18H2,1H3. The third kappa shape index (κ3) is 3.77. The molecular weight excluding hydrogens is 239 g/mol. The Morgan fingerprint density at radius 3 is 2.89 bits per heavy atom. The number of hydrogen-bond donors (Lipinski definition) is 1. The second kappa shape index (κ2) is 7.01. The Labute approximate surface area is 115 Å². The topological polar surface area (TPSA) is 29.3 Å². The van der Waals surface area contributed by atoms with Crippen LogP contribution in [0.25, 0.3) is 0 Å². The fourth-order valence-corrected chi connectivity index (χ4v) is 2.99. The van der Waals surface area contributed by atoms with Crippen LogP contribution >= 0.6 is 0 Å². The summed E-state index contributed by atoms with van der Waals surface area (Å²) >= 11 is 0. The van der Waals surface area contributed by atoms with E-state index < -0.39 is 0 Å². The predicted octanol–water partition coefficient (Wildman–Crippen LogP) is 3.44. The zero-order valence-electron chi connectivity index (χ0n) is 11.9. The third-order valence-corrected chi connectivity index (χ3v) is 4.10. The number of nitrogens with two attached hydrogens (primary N) is 1. The Morgan fingerprint density at radius 1 is 1.37 bits per heavy atom. The largest absolute Gasteiger partial charge is 0.326 e. The van der Waals surface area contributed by atoms with E-state index in [1.54, 1.807) is 6.07 Å².